The first kappa shape index (κ1) is 11.0. The summed E-state index contributed by atoms with van der Waals surface area (Å²) in [6, 6.07) is 0. The first-order chi connectivity index (χ1) is 5.65. The van der Waals surface area contributed by atoms with Gasteiger partial charge in [-0.05, 0) is 13.0 Å². The molecule has 0 fully saturated rings. The molecule has 0 bridgehead atoms. The van der Waals surface area contributed by atoms with Crippen LogP contribution in [0.3, 0.4) is 0 Å². The maximum atomic E-state index is 9.16. The third-order valence-corrected chi connectivity index (χ3v) is 1.60. The zero-order valence-electron chi connectivity index (χ0n) is 8.02. The van der Waals surface area contributed by atoms with E-state index in [0.717, 1.165) is 11.4 Å². The Morgan fingerprint density at radius 2 is 2.08 bits per heavy atom. The zero-order chi connectivity index (χ0) is 9.56. The molecule has 3 nitrogen and oxygen atoms in total. The average Bonchev–Trinajstić information content (AvgIpc) is 2.04. The van der Waals surface area contributed by atoms with Crippen LogP contribution in [0.4, 0.5) is 0 Å². The molecule has 0 radical (unpaired) electrons. The molecule has 0 heterocycles. The Morgan fingerprint density at radius 1 is 1.50 bits per heavy atom. The summed E-state index contributed by atoms with van der Waals surface area (Å²) in [5.74, 6) is 0. The largest absolute Gasteiger partial charge is 0.393 e. The maximum Gasteiger partial charge on any atom is 0.0567 e. The second-order valence-corrected chi connectivity index (χ2v) is 2.65. The number of hydrogen-bond acceptors (Lipinski definition) is 3. The lowest BCUT2D eigenvalue weighted by molar-refractivity contribution is 0.193. The van der Waals surface area contributed by atoms with Crippen LogP contribution in [0.25, 0.3) is 0 Å². The van der Waals surface area contributed by atoms with Crippen molar-refractivity contribution in [1.82, 2.24) is 10.6 Å². The van der Waals surface area contributed by atoms with Crippen molar-refractivity contribution in [2.75, 3.05) is 14.1 Å². The standard InChI is InChI=1S/C9H18N2O/c1-5-8(10-3)9(11-4)6-7(2)12/h5,7,10-12H,1,6H2,2-4H3/b9-8+. The van der Waals surface area contributed by atoms with Gasteiger partial charge in [-0.15, -0.1) is 0 Å². The average molecular weight is 170 g/mol. The monoisotopic (exact) mass is 170 g/mol. The fourth-order valence-electron chi connectivity index (χ4n) is 1.02. The van der Waals surface area contributed by atoms with Crippen molar-refractivity contribution in [3.63, 3.8) is 0 Å². The molecule has 0 saturated carbocycles. The second-order valence-electron chi connectivity index (χ2n) is 2.65. The fraction of sp³-hybridized carbons (Fsp3) is 0.556. The van der Waals surface area contributed by atoms with Crippen molar-refractivity contribution in [3.8, 4) is 0 Å². The molecular weight excluding hydrogens is 152 g/mol. The van der Waals surface area contributed by atoms with Crippen LogP contribution in [0.5, 0.6) is 0 Å². The van der Waals surface area contributed by atoms with Crippen LogP contribution in [0.1, 0.15) is 13.3 Å². The van der Waals surface area contributed by atoms with E-state index >= 15 is 0 Å². The van der Waals surface area contributed by atoms with Gasteiger partial charge in [0.1, 0.15) is 0 Å². The fourth-order valence-corrected chi connectivity index (χ4v) is 1.02. The van der Waals surface area contributed by atoms with Gasteiger partial charge in [0.2, 0.25) is 0 Å². The summed E-state index contributed by atoms with van der Waals surface area (Å²) in [6.07, 6.45) is 2.00. The van der Waals surface area contributed by atoms with Gasteiger partial charge in [0.25, 0.3) is 0 Å². The molecule has 3 heteroatoms. The third kappa shape index (κ3) is 3.44. The summed E-state index contributed by atoms with van der Waals surface area (Å²) in [4.78, 5) is 0. The summed E-state index contributed by atoms with van der Waals surface area (Å²) < 4.78 is 0. The second kappa shape index (κ2) is 5.66. The van der Waals surface area contributed by atoms with Crippen LogP contribution in [-0.2, 0) is 0 Å². The molecule has 0 amide bonds. The minimum Gasteiger partial charge on any atom is -0.393 e. The molecule has 1 atom stereocenters. The van der Waals surface area contributed by atoms with Gasteiger partial charge in [-0.1, -0.05) is 6.58 Å². The smallest absolute Gasteiger partial charge is 0.0567 e. The van der Waals surface area contributed by atoms with Gasteiger partial charge in [0.05, 0.1) is 11.8 Å². The Balaban J connectivity index is 4.45. The Bertz CT molecular complexity index is 173. The lowest BCUT2D eigenvalue weighted by Gasteiger charge is -2.13. The minimum atomic E-state index is -0.337. The molecule has 1 unspecified atom stereocenters. The number of rotatable bonds is 5. The quantitative estimate of drug-likeness (QED) is 0.529. The van der Waals surface area contributed by atoms with E-state index in [1.165, 1.54) is 0 Å². The zero-order valence-corrected chi connectivity index (χ0v) is 8.02. The van der Waals surface area contributed by atoms with Crippen molar-refractivity contribution in [3.05, 3.63) is 24.0 Å². The predicted molar refractivity (Wildman–Crippen MR) is 51.6 cm³/mol. The topological polar surface area (TPSA) is 44.3 Å². The summed E-state index contributed by atoms with van der Waals surface area (Å²) in [5.41, 5.74) is 1.90. The van der Waals surface area contributed by atoms with Crippen LogP contribution in [0, 0.1) is 0 Å². The Labute approximate surface area is 74.2 Å². The molecule has 0 aliphatic rings. The molecule has 12 heavy (non-hydrogen) atoms. The van der Waals surface area contributed by atoms with Crippen LogP contribution in [0.15, 0.2) is 24.0 Å². The number of hydrogen-bond donors (Lipinski definition) is 3. The van der Waals surface area contributed by atoms with Crippen molar-refractivity contribution in [2.45, 2.75) is 19.4 Å². The SMILES string of the molecule is C=C/C(NC)=C(/CC(C)O)NC. The third-order valence-electron chi connectivity index (χ3n) is 1.60. The first-order valence-corrected chi connectivity index (χ1v) is 4.04. The van der Waals surface area contributed by atoms with Gasteiger partial charge in [0, 0.05) is 26.2 Å². The molecule has 0 aliphatic carbocycles. The van der Waals surface area contributed by atoms with E-state index in [0.29, 0.717) is 6.42 Å². The number of nitrogens with one attached hydrogen (secondary N) is 2. The predicted octanol–water partition coefficient (Wildman–Crippen LogP) is 0.594. The van der Waals surface area contributed by atoms with Gasteiger partial charge < -0.3 is 15.7 Å². The van der Waals surface area contributed by atoms with E-state index in [4.69, 9.17) is 5.11 Å². The van der Waals surface area contributed by atoms with E-state index in [-0.39, 0.29) is 6.10 Å². The number of aliphatic hydroxyl groups excluding tert-OH is 1. The van der Waals surface area contributed by atoms with Gasteiger partial charge in [-0.25, -0.2) is 0 Å². The molecule has 0 saturated heterocycles. The summed E-state index contributed by atoms with van der Waals surface area (Å²) in [7, 11) is 3.66. The molecule has 3 N–H and O–H groups in total. The molecule has 0 spiro atoms. The molecule has 0 rings (SSSR count). The van der Waals surface area contributed by atoms with Gasteiger partial charge in [-0.3, -0.25) is 0 Å². The summed E-state index contributed by atoms with van der Waals surface area (Å²) in [6.45, 7) is 5.42. The van der Waals surface area contributed by atoms with E-state index in [2.05, 4.69) is 17.2 Å². The van der Waals surface area contributed by atoms with E-state index in [1.54, 1.807) is 13.0 Å². The highest BCUT2D eigenvalue weighted by molar-refractivity contribution is 5.21. The molecule has 0 aromatic carbocycles. The number of aliphatic hydroxyl groups is 1. The molecular formula is C9H18N2O. The Morgan fingerprint density at radius 3 is 2.33 bits per heavy atom. The normalized spacial score (nSPS) is 14.7. The van der Waals surface area contributed by atoms with Crippen LogP contribution < -0.4 is 10.6 Å². The summed E-state index contributed by atoms with van der Waals surface area (Å²) in [5, 5.41) is 15.2. The minimum absolute atomic E-state index is 0.337. The van der Waals surface area contributed by atoms with E-state index in [9.17, 15) is 0 Å². The lowest BCUT2D eigenvalue weighted by atomic mass is 10.2. The van der Waals surface area contributed by atoms with Crippen LogP contribution in [0.2, 0.25) is 0 Å². The Kier molecular flexibility index (Phi) is 5.21. The van der Waals surface area contributed by atoms with Gasteiger partial charge in [-0.2, -0.15) is 0 Å². The van der Waals surface area contributed by atoms with Gasteiger partial charge in [0.15, 0.2) is 0 Å². The van der Waals surface area contributed by atoms with Crippen molar-refractivity contribution in [1.29, 1.82) is 0 Å². The molecule has 0 aliphatic heterocycles. The lowest BCUT2D eigenvalue weighted by Crippen LogP contribution is -2.19. The van der Waals surface area contributed by atoms with Gasteiger partial charge >= 0.3 is 0 Å². The van der Waals surface area contributed by atoms with Crippen molar-refractivity contribution < 1.29 is 5.11 Å². The summed E-state index contributed by atoms with van der Waals surface area (Å²) >= 11 is 0. The van der Waals surface area contributed by atoms with Crippen molar-refractivity contribution >= 4 is 0 Å². The van der Waals surface area contributed by atoms with E-state index < -0.39 is 0 Å². The molecule has 0 aromatic heterocycles. The highest BCUT2D eigenvalue weighted by Crippen LogP contribution is 2.06. The highest BCUT2D eigenvalue weighted by atomic mass is 16.3. The number of allylic oxidation sites excluding steroid dienone is 1. The first-order valence-electron chi connectivity index (χ1n) is 4.04. The highest BCUT2D eigenvalue weighted by Gasteiger charge is 2.03. The van der Waals surface area contributed by atoms with Crippen LogP contribution >= 0.6 is 0 Å². The van der Waals surface area contributed by atoms with E-state index in [1.807, 2.05) is 14.1 Å². The molecule has 0 aromatic rings. The number of likely N-dealkylation sites (N-methyl/N-ethyl adjacent to an activating group) is 1. The Hall–Kier alpha value is -0.960. The maximum absolute atomic E-state index is 9.16. The van der Waals surface area contributed by atoms with Crippen molar-refractivity contribution in [2.24, 2.45) is 0 Å². The molecule has 70 valence electrons. The van der Waals surface area contributed by atoms with Crippen LogP contribution in [-0.4, -0.2) is 25.3 Å².